The van der Waals surface area contributed by atoms with E-state index in [0.29, 0.717) is 0 Å². The smallest absolute Gasteiger partial charge is 0.0968 e. The number of aromatic nitrogens is 2. The van der Waals surface area contributed by atoms with Gasteiger partial charge in [-0.1, -0.05) is 32.6 Å². The van der Waals surface area contributed by atoms with Crippen LogP contribution in [0.2, 0.25) is 0 Å². The molecule has 0 aliphatic carbocycles. The standard InChI is InChI=1S/C14H26BrN3O/c1-4-5-6-7-8-13(19)14-12(15)11-16-18(14)10-9-17(2)3/h11,13,19H,4-10H2,1-3H3. The van der Waals surface area contributed by atoms with Gasteiger partial charge in [0.1, 0.15) is 0 Å². The maximum atomic E-state index is 10.3. The van der Waals surface area contributed by atoms with E-state index in [1.165, 1.54) is 19.3 Å². The first-order valence-electron chi connectivity index (χ1n) is 7.10. The van der Waals surface area contributed by atoms with Crippen molar-refractivity contribution in [3.05, 3.63) is 16.4 Å². The fourth-order valence-electron chi connectivity index (χ4n) is 2.08. The van der Waals surface area contributed by atoms with E-state index in [-0.39, 0.29) is 0 Å². The first-order chi connectivity index (χ1) is 9.06. The lowest BCUT2D eigenvalue weighted by Gasteiger charge is -2.16. The molecule has 0 bridgehead atoms. The summed E-state index contributed by atoms with van der Waals surface area (Å²) in [5, 5.41) is 14.7. The van der Waals surface area contributed by atoms with Crippen molar-refractivity contribution in [2.45, 2.75) is 51.7 Å². The first-order valence-corrected chi connectivity index (χ1v) is 7.89. The Hall–Kier alpha value is -0.390. The molecule has 0 aliphatic rings. The predicted molar refractivity (Wildman–Crippen MR) is 82.2 cm³/mol. The number of hydrogen-bond donors (Lipinski definition) is 1. The fourth-order valence-corrected chi connectivity index (χ4v) is 2.64. The molecule has 1 aromatic heterocycles. The van der Waals surface area contributed by atoms with Crippen molar-refractivity contribution in [3.8, 4) is 0 Å². The summed E-state index contributed by atoms with van der Waals surface area (Å²) in [6.45, 7) is 3.92. The highest BCUT2D eigenvalue weighted by Crippen LogP contribution is 2.27. The van der Waals surface area contributed by atoms with Crippen molar-refractivity contribution < 1.29 is 5.11 Å². The van der Waals surface area contributed by atoms with Gasteiger partial charge in [0, 0.05) is 6.54 Å². The molecule has 0 aliphatic heterocycles. The Morgan fingerprint density at radius 2 is 2.11 bits per heavy atom. The zero-order chi connectivity index (χ0) is 14.3. The largest absolute Gasteiger partial charge is 0.387 e. The van der Waals surface area contributed by atoms with Gasteiger partial charge in [-0.3, -0.25) is 4.68 Å². The summed E-state index contributed by atoms with van der Waals surface area (Å²) in [5.41, 5.74) is 0.915. The van der Waals surface area contributed by atoms with Crippen molar-refractivity contribution in [2.24, 2.45) is 0 Å². The number of rotatable bonds is 9. The number of hydrogen-bond acceptors (Lipinski definition) is 3. The summed E-state index contributed by atoms with van der Waals surface area (Å²) >= 11 is 3.49. The van der Waals surface area contributed by atoms with E-state index in [0.717, 1.165) is 36.1 Å². The van der Waals surface area contributed by atoms with E-state index in [4.69, 9.17) is 0 Å². The van der Waals surface area contributed by atoms with Crippen LogP contribution >= 0.6 is 15.9 Å². The second-order valence-electron chi connectivity index (χ2n) is 5.27. The Labute approximate surface area is 124 Å². The molecule has 1 unspecified atom stereocenters. The van der Waals surface area contributed by atoms with Crippen LogP contribution in [0.15, 0.2) is 10.7 Å². The molecular weight excluding hydrogens is 306 g/mol. The third-order valence-electron chi connectivity index (χ3n) is 3.24. The first kappa shape index (κ1) is 16.7. The average Bonchev–Trinajstić information content (AvgIpc) is 2.73. The summed E-state index contributed by atoms with van der Waals surface area (Å²) in [6.07, 6.45) is 6.90. The predicted octanol–water partition coefficient (Wildman–Crippen LogP) is 3.21. The molecule has 5 heteroatoms. The zero-order valence-electron chi connectivity index (χ0n) is 12.3. The van der Waals surface area contributed by atoms with Gasteiger partial charge in [-0.25, -0.2) is 0 Å². The molecular formula is C14H26BrN3O. The molecule has 0 saturated heterocycles. The van der Waals surface area contributed by atoms with Gasteiger partial charge in [0.15, 0.2) is 0 Å². The van der Waals surface area contributed by atoms with Gasteiger partial charge >= 0.3 is 0 Å². The van der Waals surface area contributed by atoms with Gasteiger partial charge < -0.3 is 10.0 Å². The fraction of sp³-hybridized carbons (Fsp3) is 0.786. The summed E-state index contributed by atoms with van der Waals surface area (Å²) in [5.74, 6) is 0. The van der Waals surface area contributed by atoms with Crippen molar-refractivity contribution in [3.63, 3.8) is 0 Å². The molecule has 1 N–H and O–H groups in total. The van der Waals surface area contributed by atoms with Crippen LogP contribution in [0.1, 0.15) is 50.8 Å². The molecule has 0 radical (unpaired) electrons. The Kier molecular flexibility index (Phi) is 7.64. The van der Waals surface area contributed by atoms with Crippen molar-refractivity contribution >= 4 is 15.9 Å². The van der Waals surface area contributed by atoms with Crippen LogP contribution in [-0.4, -0.2) is 40.4 Å². The van der Waals surface area contributed by atoms with Crippen LogP contribution < -0.4 is 0 Å². The highest BCUT2D eigenvalue weighted by atomic mass is 79.9. The molecule has 19 heavy (non-hydrogen) atoms. The molecule has 0 aromatic carbocycles. The second-order valence-corrected chi connectivity index (χ2v) is 6.12. The molecule has 110 valence electrons. The van der Waals surface area contributed by atoms with Crippen LogP contribution in [0, 0.1) is 0 Å². The van der Waals surface area contributed by atoms with Crippen LogP contribution in [0.25, 0.3) is 0 Å². The van der Waals surface area contributed by atoms with Crippen molar-refractivity contribution in [2.75, 3.05) is 20.6 Å². The van der Waals surface area contributed by atoms with E-state index in [1.54, 1.807) is 6.20 Å². The minimum absolute atomic E-state index is 0.420. The number of unbranched alkanes of at least 4 members (excludes halogenated alkanes) is 3. The van der Waals surface area contributed by atoms with Gasteiger partial charge in [-0.05, 0) is 36.4 Å². The summed E-state index contributed by atoms with van der Waals surface area (Å²) in [4.78, 5) is 2.12. The van der Waals surface area contributed by atoms with Crippen LogP contribution in [0.5, 0.6) is 0 Å². The lowest BCUT2D eigenvalue weighted by atomic mass is 10.1. The molecule has 0 saturated carbocycles. The summed E-state index contributed by atoms with van der Waals surface area (Å²) in [6, 6.07) is 0. The molecule has 1 atom stereocenters. The van der Waals surface area contributed by atoms with Gasteiger partial charge in [-0.2, -0.15) is 5.10 Å². The van der Waals surface area contributed by atoms with Gasteiger partial charge in [0.25, 0.3) is 0 Å². The summed E-state index contributed by atoms with van der Waals surface area (Å²) in [7, 11) is 4.08. The third kappa shape index (κ3) is 5.63. The molecule has 0 amide bonds. The molecule has 1 heterocycles. The topological polar surface area (TPSA) is 41.3 Å². The number of likely N-dealkylation sites (N-methyl/N-ethyl adjacent to an activating group) is 1. The monoisotopic (exact) mass is 331 g/mol. The normalized spacial score (nSPS) is 13.2. The summed E-state index contributed by atoms with van der Waals surface area (Å²) < 4.78 is 2.82. The van der Waals surface area contributed by atoms with E-state index in [1.807, 2.05) is 18.8 Å². The van der Waals surface area contributed by atoms with Crippen LogP contribution in [0.4, 0.5) is 0 Å². The SMILES string of the molecule is CCCCCCC(O)c1c(Br)cnn1CCN(C)C. The molecule has 0 fully saturated rings. The van der Waals surface area contributed by atoms with E-state index in [2.05, 4.69) is 32.9 Å². The lowest BCUT2D eigenvalue weighted by molar-refractivity contribution is 0.150. The van der Waals surface area contributed by atoms with Crippen LogP contribution in [0.3, 0.4) is 0 Å². The number of nitrogens with zero attached hydrogens (tertiary/aromatic N) is 3. The maximum absolute atomic E-state index is 10.3. The Bertz CT molecular complexity index is 366. The molecule has 4 nitrogen and oxygen atoms in total. The van der Waals surface area contributed by atoms with Crippen LogP contribution in [-0.2, 0) is 6.54 Å². The van der Waals surface area contributed by atoms with Gasteiger partial charge in [-0.15, -0.1) is 0 Å². The highest BCUT2D eigenvalue weighted by Gasteiger charge is 2.17. The average molecular weight is 332 g/mol. The third-order valence-corrected chi connectivity index (χ3v) is 3.85. The minimum atomic E-state index is -0.420. The van der Waals surface area contributed by atoms with E-state index >= 15 is 0 Å². The Balaban J connectivity index is 2.56. The lowest BCUT2D eigenvalue weighted by Crippen LogP contribution is -2.21. The Morgan fingerprint density at radius 3 is 2.74 bits per heavy atom. The second kappa shape index (κ2) is 8.72. The minimum Gasteiger partial charge on any atom is -0.387 e. The highest BCUT2D eigenvalue weighted by molar-refractivity contribution is 9.10. The Morgan fingerprint density at radius 1 is 1.37 bits per heavy atom. The van der Waals surface area contributed by atoms with Gasteiger partial charge in [0.2, 0.25) is 0 Å². The molecule has 1 aromatic rings. The van der Waals surface area contributed by atoms with E-state index < -0.39 is 6.10 Å². The van der Waals surface area contributed by atoms with Gasteiger partial charge in [0.05, 0.1) is 29.0 Å². The zero-order valence-corrected chi connectivity index (χ0v) is 13.9. The van der Waals surface area contributed by atoms with Crippen molar-refractivity contribution in [1.29, 1.82) is 0 Å². The maximum Gasteiger partial charge on any atom is 0.0968 e. The number of halogens is 1. The quantitative estimate of drug-likeness (QED) is 0.706. The molecule has 0 spiro atoms. The molecule has 1 rings (SSSR count). The number of aliphatic hydroxyl groups is 1. The van der Waals surface area contributed by atoms with Crippen molar-refractivity contribution in [1.82, 2.24) is 14.7 Å². The number of aliphatic hydroxyl groups excluding tert-OH is 1. The van der Waals surface area contributed by atoms with E-state index in [9.17, 15) is 5.11 Å².